The number of likely N-dealkylation sites (tertiary alicyclic amines) is 1. The summed E-state index contributed by atoms with van der Waals surface area (Å²) in [6, 6.07) is 14.1. The Morgan fingerprint density at radius 2 is 1.88 bits per heavy atom. The average molecular weight is 362 g/mol. The SMILES string of the molecule is O=C(NCC(c1ccccc1)N1CCCC1)Nc1ccc(Cl)c(F)c1. The lowest BCUT2D eigenvalue weighted by molar-refractivity contribution is 0.227. The van der Waals surface area contributed by atoms with Gasteiger partial charge in [0.25, 0.3) is 0 Å². The van der Waals surface area contributed by atoms with Crippen molar-refractivity contribution < 1.29 is 9.18 Å². The van der Waals surface area contributed by atoms with Gasteiger partial charge in [-0.3, -0.25) is 4.90 Å². The van der Waals surface area contributed by atoms with Gasteiger partial charge in [0.1, 0.15) is 5.82 Å². The molecule has 132 valence electrons. The van der Waals surface area contributed by atoms with E-state index in [0.717, 1.165) is 13.1 Å². The molecule has 1 saturated heterocycles. The molecule has 1 heterocycles. The Kier molecular flexibility index (Phi) is 5.89. The highest BCUT2D eigenvalue weighted by atomic mass is 35.5. The van der Waals surface area contributed by atoms with Gasteiger partial charge in [-0.15, -0.1) is 0 Å². The minimum Gasteiger partial charge on any atom is -0.336 e. The Labute approximate surface area is 152 Å². The van der Waals surface area contributed by atoms with Gasteiger partial charge >= 0.3 is 6.03 Å². The van der Waals surface area contributed by atoms with Crippen LogP contribution in [0.15, 0.2) is 48.5 Å². The first-order valence-corrected chi connectivity index (χ1v) is 8.80. The van der Waals surface area contributed by atoms with E-state index < -0.39 is 5.82 Å². The molecule has 6 heteroatoms. The number of halogens is 2. The summed E-state index contributed by atoms with van der Waals surface area (Å²) in [7, 11) is 0. The summed E-state index contributed by atoms with van der Waals surface area (Å²) in [5.41, 5.74) is 1.55. The second-order valence-corrected chi connectivity index (χ2v) is 6.54. The zero-order valence-electron chi connectivity index (χ0n) is 13.8. The molecular weight excluding hydrogens is 341 g/mol. The molecule has 0 spiro atoms. The Morgan fingerprint density at radius 1 is 1.16 bits per heavy atom. The lowest BCUT2D eigenvalue weighted by Gasteiger charge is -2.28. The van der Waals surface area contributed by atoms with Crippen LogP contribution in [-0.2, 0) is 0 Å². The number of anilines is 1. The lowest BCUT2D eigenvalue weighted by Crippen LogP contribution is -2.38. The summed E-state index contributed by atoms with van der Waals surface area (Å²) >= 11 is 5.65. The zero-order valence-corrected chi connectivity index (χ0v) is 14.6. The minimum absolute atomic E-state index is 0.0316. The van der Waals surface area contributed by atoms with E-state index in [2.05, 4.69) is 27.7 Å². The van der Waals surface area contributed by atoms with Gasteiger partial charge in [0.15, 0.2) is 0 Å². The normalized spacial score (nSPS) is 15.8. The van der Waals surface area contributed by atoms with Crippen LogP contribution in [0.4, 0.5) is 14.9 Å². The van der Waals surface area contributed by atoms with Crippen LogP contribution < -0.4 is 10.6 Å². The summed E-state index contributed by atoms with van der Waals surface area (Å²) in [5.74, 6) is -0.557. The van der Waals surface area contributed by atoms with Gasteiger partial charge in [0, 0.05) is 12.2 Å². The number of carbonyl (C=O) groups excluding carboxylic acids is 1. The summed E-state index contributed by atoms with van der Waals surface area (Å²) < 4.78 is 13.5. The number of nitrogens with one attached hydrogen (secondary N) is 2. The third-order valence-electron chi connectivity index (χ3n) is 4.40. The van der Waals surface area contributed by atoms with Crippen molar-refractivity contribution in [3.8, 4) is 0 Å². The number of carbonyl (C=O) groups is 1. The Balaban J connectivity index is 1.62. The predicted octanol–water partition coefficient (Wildman–Crippen LogP) is 4.44. The van der Waals surface area contributed by atoms with Gasteiger partial charge in [0.2, 0.25) is 0 Å². The van der Waals surface area contributed by atoms with Crippen LogP contribution in [-0.4, -0.2) is 30.6 Å². The van der Waals surface area contributed by atoms with E-state index in [-0.39, 0.29) is 17.1 Å². The van der Waals surface area contributed by atoms with Crippen molar-refractivity contribution in [3.63, 3.8) is 0 Å². The second kappa shape index (κ2) is 8.32. The summed E-state index contributed by atoms with van der Waals surface area (Å²) in [4.78, 5) is 14.5. The highest BCUT2D eigenvalue weighted by Gasteiger charge is 2.23. The fraction of sp³-hybridized carbons (Fsp3) is 0.316. The van der Waals surface area contributed by atoms with Gasteiger partial charge < -0.3 is 10.6 Å². The van der Waals surface area contributed by atoms with E-state index in [0.29, 0.717) is 12.2 Å². The maximum Gasteiger partial charge on any atom is 0.319 e. The number of benzene rings is 2. The van der Waals surface area contributed by atoms with Crippen LogP contribution in [0.25, 0.3) is 0 Å². The molecule has 1 atom stereocenters. The van der Waals surface area contributed by atoms with Crippen molar-refractivity contribution in [2.75, 3.05) is 25.0 Å². The van der Waals surface area contributed by atoms with Crippen molar-refractivity contribution in [2.45, 2.75) is 18.9 Å². The van der Waals surface area contributed by atoms with Gasteiger partial charge in [-0.1, -0.05) is 41.9 Å². The number of hydrogen-bond acceptors (Lipinski definition) is 2. The van der Waals surface area contributed by atoms with E-state index in [9.17, 15) is 9.18 Å². The molecule has 1 aliphatic heterocycles. The molecule has 1 fully saturated rings. The van der Waals surface area contributed by atoms with Crippen LogP contribution in [0, 0.1) is 5.82 Å². The second-order valence-electron chi connectivity index (χ2n) is 6.13. The van der Waals surface area contributed by atoms with Crippen LogP contribution >= 0.6 is 11.6 Å². The maximum atomic E-state index is 13.5. The number of rotatable bonds is 5. The molecule has 2 aromatic carbocycles. The molecule has 0 aliphatic carbocycles. The first-order chi connectivity index (χ1) is 12.1. The number of amides is 2. The van der Waals surface area contributed by atoms with E-state index >= 15 is 0 Å². The van der Waals surface area contributed by atoms with Crippen molar-refractivity contribution in [3.05, 3.63) is 64.9 Å². The molecule has 2 N–H and O–H groups in total. The fourth-order valence-corrected chi connectivity index (χ4v) is 3.24. The number of urea groups is 1. The zero-order chi connectivity index (χ0) is 17.6. The summed E-state index contributed by atoms with van der Waals surface area (Å²) in [6.07, 6.45) is 2.36. The van der Waals surface area contributed by atoms with Gasteiger partial charge in [-0.05, 0) is 49.7 Å². The van der Waals surface area contributed by atoms with Crippen LogP contribution in [0.5, 0.6) is 0 Å². The Morgan fingerprint density at radius 3 is 2.56 bits per heavy atom. The molecule has 0 bridgehead atoms. The average Bonchev–Trinajstić information content (AvgIpc) is 3.14. The standard InChI is InChI=1S/C19H21ClFN3O/c20-16-9-8-15(12-17(16)21)23-19(25)22-13-18(24-10-4-5-11-24)14-6-2-1-3-7-14/h1-3,6-9,12,18H,4-5,10-11,13H2,(H2,22,23,25). The van der Waals surface area contributed by atoms with E-state index in [1.165, 1.54) is 30.5 Å². The quantitative estimate of drug-likeness (QED) is 0.827. The molecule has 2 amide bonds. The molecule has 1 aliphatic rings. The van der Waals surface area contributed by atoms with Crippen molar-refractivity contribution in [1.29, 1.82) is 0 Å². The van der Waals surface area contributed by atoms with Gasteiger partial charge in [-0.2, -0.15) is 0 Å². The number of nitrogens with zero attached hydrogens (tertiary/aromatic N) is 1. The molecular formula is C19H21ClFN3O. The van der Waals surface area contributed by atoms with Crippen LogP contribution in [0.1, 0.15) is 24.4 Å². The summed E-state index contributed by atoms with van der Waals surface area (Å²) in [5, 5.41) is 5.57. The van der Waals surface area contributed by atoms with Crippen molar-refractivity contribution >= 4 is 23.3 Å². The van der Waals surface area contributed by atoms with Crippen molar-refractivity contribution in [1.82, 2.24) is 10.2 Å². The van der Waals surface area contributed by atoms with E-state index in [1.807, 2.05) is 18.2 Å². The summed E-state index contributed by atoms with van der Waals surface area (Å²) in [6.45, 7) is 2.56. The smallest absolute Gasteiger partial charge is 0.319 e. The van der Waals surface area contributed by atoms with Crippen LogP contribution in [0.3, 0.4) is 0 Å². The Hall–Kier alpha value is -2.11. The highest BCUT2D eigenvalue weighted by Crippen LogP contribution is 2.24. The molecule has 25 heavy (non-hydrogen) atoms. The minimum atomic E-state index is -0.557. The highest BCUT2D eigenvalue weighted by molar-refractivity contribution is 6.30. The predicted molar refractivity (Wildman–Crippen MR) is 98.4 cm³/mol. The third kappa shape index (κ3) is 4.71. The van der Waals surface area contributed by atoms with Crippen LogP contribution in [0.2, 0.25) is 5.02 Å². The molecule has 1 unspecified atom stereocenters. The lowest BCUT2D eigenvalue weighted by atomic mass is 10.1. The monoisotopic (exact) mass is 361 g/mol. The first-order valence-electron chi connectivity index (χ1n) is 8.42. The third-order valence-corrected chi connectivity index (χ3v) is 4.71. The molecule has 2 aromatic rings. The molecule has 0 radical (unpaired) electrons. The van der Waals surface area contributed by atoms with E-state index in [4.69, 9.17) is 11.6 Å². The molecule has 4 nitrogen and oxygen atoms in total. The first kappa shape index (κ1) is 17.7. The Bertz CT molecular complexity index is 720. The molecule has 0 saturated carbocycles. The van der Waals surface area contributed by atoms with Crippen molar-refractivity contribution in [2.24, 2.45) is 0 Å². The molecule has 3 rings (SSSR count). The topological polar surface area (TPSA) is 44.4 Å². The maximum absolute atomic E-state index is 13.5. The number of hydrogen-bond donors (Lipinski definition) is 2. The largest absolute Gasteiger partial charge is 0.336 e. The molecule has 0 aromatic heterocycles. The van der Waals surface area contributed by atoms with E-state index in [1.54, 1.807) is 6.07 Å². The van der Waals surface area contributed by atoms with Gasteiger partial charge in [0.05, 0.1) is 11.1 Å². The fourth-order valence-electron chi connectivity index (χ4n) is 3.12. The van der Waals surface area contributed by atoms with Gasteiger partial charge in [-0.25, -0.2) is 9.18 Å².